The summed E-state index contributed by atoms with van der Waals surface area (Å²) in [6.07, 6.45) is 1.61. The van der Waals surface area contributed by atoms with Crippen molar-refractivity contribution in [1.29, 1.82) is 0 Å². The molecule has 0 bridgehead atoms. The predicted octanol–water partition coefficient (Wildman–Crippen LogP) is 6.59. The van der Waals surface area contributed by atoms with Crippen LogP contribution in [0, 0.1) is 12.8 Å². The number of para-hydroxylation sites is 2. The second-order valence-corrected chi connectivity index (χ2v) is 10.8. The number of ether oxygens (including phenoxy) is 1. The summed E-state index contributed by atoms with van der Waals surface area (Å²) in [5.41, 5.74) is 1.80. The molecule has 1 aliphatic rings. The van der Waals surface area contributed by atoms with Crippen molar-refractivity contribution in [2.24, 2.45) is 5.92 Å². The van der Waals surface area contributed by atoms with Crippen LogP contribution in [0.5, 0.6) is 11.6 Å². The Kier molecular flexibility index (Phi) is 7.75. The topological polar surface area (TPSA) is 84.7 Å². The van der Waals surface area contributed by atoms with Gasteiger partial charge in [0.05, 0.1) is 31.9 Å². The number of halogens is 2. The number of carbonyl (C=O) groups is 2. The summed E-state index contributed by atoms with van der Waals surface area (Å²) in [4.78, 5) is 26.6. The van der Waals surface area contributed by atoms with E-state index < -0.39 is 17.9 Å². The second kappa shape index (κ2) is 10.6. The van der Waals surface area contributed by atoms with Gasteiger partial charge in [-0.05, 0) is 43.2 Å². The van der Waals surface area contributed by atoms with Crippen LogP contribution >= 0.6 is 47.2 Å². The Labute approximate surface area is 227 Å². The zero-order chi connectivity index (χ0) is 26.1. The van der Waals surface area contributed by atoms with Crippen molar-refractivity contribution in [3.63, 3.8) is 0 Å². The van der Waals surface area contributed by atoms with E-state index in [1.807, 2.05) is 30.3 Å². The lowest BCUT2D eigenvalue weighted by molar-refractivity contribution is -0.146. The Morgan fingerprint density at radius 2 is 1.78 bits per heavy atom. The van der Waals surface area contributed by atoms with Crippen molar-refractivity contribution in [3.8, 4) is 17.3 Å². The quantitative estimate of drug-likeness (QED) is 0.257. The number of carboxylic acids is 1. The minimum Gasteiger partial charge on any atom is -0.480 e. The Morgan fingerprint density at radius 1 is 1.14 bits per heavy atom. The molecule has 1 aliphatic heterocycles. The maximum absolute atomic E-state index is 13.3. The van der Waals surface area contributed by atoms with Crippen molar-refractivity contribution in [2.45, 2.75) is 26.8 Å². The van der Waals surface area contributed by atoms with Gasteiger partial charge in [0.15, 0.2) is 5.75 Å². The molecule has 3 aromatic rings. The number of aliphatic carboxylic acids is 1. The summed E-state index contributed by atoms with van der Waals surface area (Å²) in [5, 5.41) is 15.0. The van der Waals surface area contributed by atoms with Crippen LogP contribution in [0.2, 0.25) is 10.0 Å². The fourth-order valence-electron chi connectivity index (χ4n) is 3.75. The molecule has 1 N–H and O–H groups in total. The van der Waals surface area contributed by atoms with Crippen LogP contribution in [0.3, 0.4) is 0 Å². The average molecular weight is 563 g/mol. The van der Waals surface area contributed by atoms with E-state index >= 15 is 0 Å². The monoisotopic (exact) mass is 561 g/mol. The molecule has 2 aromatic carbocycles. The molecule has 36 heavy (non-hydrogen) atoms. The van der Waals surface area contributed by atoms with Crippen LogP contribution in [-0.2, 0) is 9.59 Å². The van der Waals surface area contributed by atoms with Crippen molar-refractivity contribution >= 4 is 69.5 Å². The number of rotatable bonds is 7. The van der Waals surface area contributed by atoms with Gasteiger partial charge >= 0.3 is 5.97 Å². The van der Waals surface area contributed by atoms with Gasteiger partial charge in [-0.1, -0.05) is 85.3 Å². The molecule has 1 saturated heterocycles. The second-order valence-electron chi connectivity index (χ2n) is 8.28. The lowest BCUT2D eigenvalue weighted by Crippen LogP contribution is -2.47. The van der Waals surface area contributed by atoms with Crippen molar-refractivity contribution in [1.82, 2.24) is 14.7 Å². The first-order valence-electron chi connectivity index (χ1n) is 10.9. The number of thiocarbonyl (C=S) groups is 1. The molecule has 11 heteroatoms. The van der Waals surface area contributed by atoms with Crippen LogP contribution in [0.15, 0.2) is 53.4 Å². The van der Waals surface area contributed by atoms with Crippen molar-refractivity contribution < 1.29 is 19.4 Å². The fraction of sp³-hybridized carbons (Fsp3) is 0.200. The normalized spacial score (nSPS) is 15.7. The highest BCUT2D eigenvalue weighted by molar-refractivity contribution is 8.26. The largest absolute Gasteiger partial charge is 0.480 e. The van der Waals surface area contributed by atoms with Gasteiger partial charge in [0.25, 0.3) is 5.91 Å². The predicted molar refractivity (Wildman–Crippen MR) is 146 cm³/mol. The minimum absolute atomic E-state index is 0.178. The molecular weight excluding hydrogens is 541 g/mol. The summed E-state index contributed by atoms with van der Waals surface area (Å²) in [5.74, 6) is -1.41. The molecule has 0 saturated carbocycles. The Morgan fingerprint density at radius 3 is 2.36 bits per heavy atom. The molecule has 0 unspecified atom stereocenters. The molecule has 1 atom stereocenters. The molecule has 1 fully saturated rings. The maximum atomic E-state index is 13.3. The van der Waals surface area contributed by atoms with Gasteiger partial charge in [0.1, 0.15) is 10.4 Å². The van der Waals surface area contributed by atoms with Crippen LogP contribution in [0.4, 0.5) is 0 Å². The highest BCUT2D eigenvalue weighted by Gasteiger charge is 2.42. The van der Waals surface area contributed by atoms with E-state index in [0.29, 0.717) is 21.3 Å². The molecule has 1 amide bonds. The van der Waals surface area contributed by atoms with E-state index in [2.05, 4.69) is 5.10 Å². The number of amides is 1. The van der Waals surface area contributed by atoms with Crippen LogP contribution in [-0.4, -0.2) is 42.0 Å². The Hall–Kier alpha value is -2.85. The van der Waals surface area contributed by atoms with Crippen LogP contribution in [0.1, 0.15) is 25.1 Å². The number of hydrogen-bond donors (Lipinski definition) is 1. The lowest BCUT2D eigenvalue weighted by Gasteiger charge is -2.26. The Balaban J connectivity index is 1.84. The molecule has 2 heterocycles. The van der Waals surface area contributed by atoms with E-state index in [4.69, 9.17) is 40.2 Å². The summed E-state index contributed by atoms with van der Waals surface area (Å²) < 4.78 is 8.00. The zero-order valence-electron chi connectivity index (χ0n) is 19.4. The molecule has 4 rings (SSSR count). The maximum Gasteiger partial charge on any atom is 0.327 e. The average Bonchev–Trinajstić information content (AvgIpc) is 3.27. The fourth-order valence-corrected chi connectivity index (χ4v) is 5.53. The molecule has 0 spiro atoms. The van der Waals surface area contributed by atoms with E-state index in [1.54, 1.807) is 49.7 Å². The van der Waals surface area contributed by atoms with E-state index in [1.165, 1.54) is 0 Å². The number of benzene rings is 2. The third kappa shape index (κ3) is 5.01. The van der Waals surface area contributed by atoms with Crippen LogP contribution in [0.25, 0.3) is 11.8 Å². The number of carbonyl (C=O) groups excluding carboxylic acids is 1. The van der Waals surface area contributed by atoms with E-state index in [9.17, 15) is 14.7 Å². The molecule has 0 radical (unpaired) electrons. The SMILES string of the molecule is Cc1nn(-c2ccccc2)c(Oc2c(Cl)cccc2Cl)c1/C=C1\SC(=S)N([C@H](C(=O)O)C(C)C)C1=O. The first-order chi connectivity index (χ1) is 17.1. The van der Waals surface area contributed by atoms with Gasteiger partial charge in [0, 0.05) is 0 Å². The van der Waals surface area contributed by atoms with E-state index in [0.717, 1.165) is 22.3 Å². The van der Waals surface area contributed by atoms with E-state index in [-0.39, 0.29) is 26.8 Å². The Bertz CT molecular complexity index is 1370. The number of hydrogen-bond acceptors (Lipinski definition) is 6. The smallest absolute Gasteiger partial charge is 0.327 e. The van der Waals surface area contributed by atoms with Crippen LogP contribution < -0.4 is 4.74 Å². The summed E-state index contributed by atoms with van der Waals surface area (Å²) in [7, 11) is 0. The van der Waals surface area contributed by atoms with Gasteiger partial charge in [-0.25, -0.2) is 4.79 Å². The summed E-state index contributed by atoms with van der Waals surface area (Å²) in [6.45, 7) is 5.24. The standard InChI is InChI=1S/C25H21Cl2N3O4S2/c1-13(2)20(24(32)33)29-22(31)19(36-25(29)35)12-16-14(3)28-30(15-8-5-4-6-9-15)23(16)34-21-17(26)10-7-11-18(21)27/h4-13,20H,1-3H3,(H,32,33)/b19-12-/t20-/m0/s1. The number of aromatic nitrogens is 2. The lowest BCUT2D eigenvalue weighted by atomic mass is 10.0. The summed E-state index contributed by atoms with van der Waals surface area (Å²) in [6, 6.07) is 13.3. The number of thioether (sulfide) groups is 1. The van der Waals surface area contributed by atoms with Crippen molar-refractivity contribution in [3.05, 3.63) is 74.7 Å². The number of carboxylic acid groups (broad SMARTS) is 1. The third-order valence-electron chi connectivity index (χ3n) is 5.44. The van der Waals surface area contributed by atoms with Gasteiger partial charge in [-0.2, -0.15) is 9.78 Å². The van der Waals surface area contributed by atoms with Gasteiger partial charge in [-0.15, -0.1) is 0 Å². The molecule has 1 aromatic heterocycles. The summed E-state index contributed by atoms with van der Waals surface area (Å²) >= 11 is 19.2. The first kappa shape index (κ1) is 26.2. The number of nitrogens with zero attached hydrogens (tertiary/aromatic N) is 3. The van der Waals surface area contributed by atoms with Crippen molar-refractivity contribution in [2.75, 3.05) is 0 Å². The third-order valence-corrected chi connectivity index (χ3v) is 7.37. The highest BCUT2D eigenvalue weighted by atomic mass is 35.5. The zero-order valence-corrected chi connectivity index (χ0v) is 22.6. The molecule has 7 nitrogen and oxygen atoms in total. The highest BCUT2D eigenvalue weighted by Crippen LogP contribution is 2.41. The van der Waals surface area contributed by atoms with Gasteiger partial charge in [0.2, 0.25) is 5.88 Å². The molecule has 0 aliphatic carbocycles. The molecular formula is C25H21Cl2N3O4S2. The molecule has 186 valence electrons. The van der Waals surface area contributed by atoms with Gasteiger partial charge < -0.3 is 9.84 Å². The first-order valence-corrected chi connectivity index (χ1v) is 12.8. The number of aryl methyl sites for hydroxylation is 1. The minimum atomic E-state index is -1.12. The van der Waals surface area contributed by atoms with Gasteiger partial charge in [-0.3, -0.25) is 9.69 Å².